The Balaban J connectivity index is 1.87. The Labute approximate surface area is 126 Å². The molecule has 0 bridgehead atoms. The lowest BCUT2D eigenvalue weighted by Gasteiger charge is -2.10. The molecule has 2 aromatic rings. The van der Waals surface area contributed by atoms with Crippen molar-refractivity contribution in [3.8, 4) is 0 Å². The summed E-state index contributed by atoms with van der Waals surface area (Å²) in [6.07, 6.45) is 3.26. The molecule has 0 atom stereocenters. The van der Waals surface area contributed by atoms with Gasteiger partial charge >= 0.3 is 0 Å². The van der Waals surface area contributed by atoms with Crippen LogP contribution in [0.2, 0.25) is 0 Å². The number of guanidine groups is 1. The summed E-state index contributed by atoms with van der Waals surface area (Å²) in [5.41, 5.74) is 1.01. The average molecular weight is 328 g/mol. The molecule has 0 fully saturated rings. The van der Waals surface area contributed by atoms with Gasteiger partial charge in [-0.25, -0.2) is 13.6 Å². The van der Waals surface area contributed by atoms with Crippen LogP contribution in [0.4, 0.5) is 0 Å². The minimum absolute atomic E-state index is 0.153. The number of nitrogens with one attached hydrogen (secondary N) is 2. The Hall–Kier alpha value is -1.84. The van der Waals surface area contributed by atoms with Gasteiger partial charge in [0.2, 0.25) is 10.0 Å². The summed E-state index contributed by atoms with van der Waals surface area (Å²) in [6.45, 7) is 1.05. The number of thiophene rings is 1. The molecule has 7 nitrogen and oxygen atoms in total. The number of nitrogens with two attached hydrogens (primary N) is 1. The van der Waals surface area contributed by atoms with Gasteiger partial charge in [0.1, 0.15) is 4.21 Å². The Morgan fingerprint density at radius 1 is 1.33 bits per heavy atom. The fraction of sp³-hybridized carbons (Fsp3) is 0.250. The summed E-state index contributed by atoms with van der Waals surface area (Å²) in [4.78, 5) is 4.94. The summed E-state index contributed by atoms with van der Waals surface area (Å²) in [7, 11) is -1.97. The molecule has 0 aliphatic heterocycles. The maximum atomic E-state index is 11.2. The van der Waals surface area contributed by atoms with Crippen LogP contribution >= 0.6 is 11.3 Å². The van der Waals surface area contributed by atoms with Gasteiger partial charge in [-0.15, -0.1) is 11.3 Å². The third kappa shape index (κ3) is 4.59. The summed E-state index contributed by atoms with van der Waals surface area (Å²) < 4.78 is 27.5. The van der Waals surface area contributed by atoms with E-state index >= 15 is 0 Å². The van der Waals surface area contributed by atoms with Crippen molar-refractivity contribution in [3.05, 3.63) is 41.2 Å². The Bertz CT molecular complexity index is 705. The van der Waals surface area contributed by atoms with E-state index in [2.05, 4.69) is 15.6 Å². The van der Waals surface area contributed by atoms with Gasteiger partial charge in [-0.1, -0.05) is 0 Å². The molecule has 0 saturated heterocycles. The number of furan rings is 1. The van der Waals surface area contributed by atoms with Crippen molar-refractivity contribution in [1.82, 2.24) is 10.6 Å². The molecule has 2 aromatic heterocycles. The Morgan fingerprint density at radius 2 is 2.10 bits per heavy atom. The van der Waals surface area contributed by atoms with Gasteiger partial charge in [0.05, 0.1) is 19.1 Å². The highest BCUT2D eigenvalue weighted by Gasteiger charge is 2.11. The van der Waals surface area contributed by atoms with E-state index in [1.165, 1.54) is 6.07 Å². The van der Waals surface area contributed by atoms with E-state index in [-0.39, 0.29) is 4.21 Å². The van der Waals surface area contributed by atoms with E-state index in [9.17, 15) is 8.42 Å². The maximum Gasteiger partial charge on any atom is 0.247 e. The van der Waals surface area contributed by atoms with E-state index in [4.69, 9.17) is 9.56 Å². The van der Waals surface area contributed by atoms with Crippen LogP contribution in [0.15, 0.2) is 44.3 Å². The van der Waals surface area contributed by atoms with Crippen LogP contribution in [0.1, 0.15) is 10.4 Å². The van der Waals surface area contributed by atoms with Gasteiger partial charge in [-0.3, -0.25) is 4.99 Å². The minimum atomic E-state index is -3.63. The van der Waals surface area contributed by atoms with Gasteiger partial charge in [0.15, 0.2) is 5.96 Å². The first-order chi connectivity index (χ1) is 9.99. The van der Waals surface area contributed by atoms with E-state index < -0.39 is 10.0 Å². The number of hydrogen-bond acceptors (Lipinski definition) is 5. The number of hydrogen-bond donors (Lipinski definition) is 3. The fourth-order valence-corrected chi connectivity index (χ4v) is 3.29. The normalized spacial score (nSPS) is 12.4. The van der Waals surface area contributed by atoms with E-state index in [0.29, 0.717) is 19.0 Å². The molecule has 0 unspecified atom stereocenters. The average Bonchev–Trinajstić information content (AvgIpc) is 3.09. The molecule has 4 N–H and O–H groups in total. The number of nitrogens with zero attached hydrogens (tertiary/aromatic N) is 1. The molecule has 21 heavy (non-hydrogen) atoms. The van der Waals surface area contributed by atoms with Crippen LogP contribution in [-0.4, -0.2) is 21.4 Å². The van der Waals surface area contributed by atoms with Crippen molar-refractivity contribution < 1.29 is 12.8 Å². The maximum absolute atomic E-state index is 11.2. The van der Waals surface area contributed by atoms with Crippen LogP contribution in [0.3, 0.4) is 0 Å². The monoisotopic (exact) mass is 328 g/mol. The lowest BCUT2D eigenvalue weighted by molar-refractivity contribution is 0.563. The molecule has 0 aromatic carbocycles. The highest BCUT2D eigenvalue weighted by Crippen LogP contribution is 2.19. The summed E-state index contributed by atoms with van der Waals surface area (Å²) in [5.74, 6) is 0.613. The van der Waals surface area contributed by atoms with Crippen LogP contribution in [0.5, 0.6) is 0 Å². The molecule has 2 rings (SSSR count). The van der Waals surface area contributed by atoms with Gasteiger partial charge in [-0.2, -0.15) is 0 Å². The summed E-state index contributed by atoms with van der Waals surface area (Å²) >= 11 is 1.13. The van der Waals surface area contributed by atoms with Crippen LogP contribution in [0.25, 0.3) is 0 Å². The number of aliphatic imine (C=N–C) groups is 1. The zero-order valence-corrected chi connectivity index (χ0v) is 13.0. The van der Waals surface area contributed by atoms with Crippen molar-refractivity contribution in [3.63, 3.8) is 0 Å². The lowest BCUT2D eigenvalue weighted by Crippen LogP contribution is -2.36. The topological polar surface area (TPSA) is 110 Å². The number of primary sulfonamides is 1. The molecule has 0 aliphatic rings. The Morgan fingerprint density at radius 3 is 2.67 bits per heavy atom. The predicted octanol–water partition coefficient (Wildman–Crippen LogP) is 0.854. The first kappa shape index (κ1) is 15.5. The molecular weight excluding hydrogens is 312 g/mol. The first-order valence-electron chi connectivity index (χ1n) is 6.06. The molecule has 0 saturated carbocycles. The largest absolute Gasteiger partial charge is 0.472 e. The zero-order valence-electron chi connectivity index (χ0n) is 11.4. The zero-order chi connectivity index (χ0) is 15.3. The van der Waals surface area contributed by atoms with Crippen molar-refractivity contribution in [1.29, 1.82) is 0 Å². The van der Waals surface area contributed by atoms with Crippen molar-refractivity contribution >= 4 is 27.3 Å². The smallest absolute Gasteiger partial charge is 0.247 e. The van der Waals surface area contributed by atoms with Gasteiger partial charge < -0.3 is 15.1 Å². The molecule has 0 amide bonds. The number of sulfonamides is 1. The van der Waals surface area contributed by atoms with Crippen molar-refractivity contribution in [2.75, 3.05) is 7.05 Å². The third-order valence-electron chi connectivity index (χ3n) is 2.61. The fourth-order valence-electron chi connectivity index (χ4n) is 1.58. The van der Waals surface area contributed by atoms with E-state index in [1.54, 1.807) is 25.6 Å². The van der Waals surface area contributed by atoms with Gasteiger partial charge in [0.25, 0.3) is 0 Å². The molecule has 2 heterocycles. The quantitative estimate of drug-likeness (QED) is 0.557. The van der Waals surface area contributed by atoms with Gasteiger partial charge in [0, 0.05) is 24.0 Å². The number of rotatable bonds is 5. The van der Waals surface area contributed by atoms with E-state index in [1.807, 2.05) is 6.07 Å². The highest BCUT2D eigenvalue weighted by atomic mass is 32.2. The highest BCUT2D eigenvalue weighted by molar-refractivity contribution is 7.91. The predicted molar refractivity (Wildman–Crippen MR) is 81.4 cm³/mol. The first-order valence-corrected chi connectivity index (χ1v) is 8.42. The SMILES string of the molecule is CN=C(NCc1ccoc1)NCc1ccc(S(N)(=O)=O)s1. The van der Waals surface area contributed by atoms with Crippen LogP contribution < -0.4 is 15.8 Å². The summed E-state index contributed by atoms with van der Waals surface area (Å²) in [5, 5.41) is 11.3. The molecule has 0 spiro atoms. The third-order valence-corrected chi connectivity index (χ3v) is 5.13. The molecular formula is C12H16N4O3S2. The van der Waals surface area contributed by atoms with Crippen molar-refractivity contribution in [2.45, 2.75) is 17.3 Å². The lowest BCUT2D eigenvalue weighted by atomic mass is 10.3. The molecule has 0 radical (unpaired) electrons. The molecule has 9 heteroatoms. The van der Waals surface area contributed by atoms with E-state index in [0.717, 1.165) is 21.8 Å². The second-order valence-corrected chi connectivity index (χ2v) is 7.13. The van der Waals surface area contributed by atoms with Crippen molar-refractivity contribution in [2.24, 2.45) is 10.1 Å². The van der Waals surface area contributed by atoms with Gasteiger partial charge in [-0.05, 0) is 18.2 Å². The Kier molecular flexibility index (Phi) is 4.99. The summed E-state index contributed by atoms with van der Waals surface area (Å²) in [6, 6.07) is 5.08. The molecule has 0 aliphatic carbocycles. The van der Waals surface area contributed by atoms with Crippen LogP contribution in [0, 0.1) is 0 Å². The second-order valence-electron chi connectivity index (χ2n) is 4.18. The second kappa shape index (κ2) is 6.74. The standard InChI is InChI=1S/C12H16N4O3S2/c1-14-12(15-6-9-4-5-19-8-9)16-7-10-2-3-11(20-10)21(13,17)18/h2-5,8H,6-7H2,1H3,(H2,13,17,18)(H2,14,15,16). The molecule has 114 valence electrons. The minimum Gasteiger partial charge on any atom is -0.472 e. The van der Waals surface area contributed by atoms with Crippen LogP contribution in [-0.2, 0) is 23.1 Å².